The van der Waals surface area contributed by atoms with Gasteiger partial charge in [-0.1, -0.05) is 12.8 Å². The van der Waals surface area contributed by atoms with E-state index in [1.165, 1.54) is 5.56 Å². The van der Waals surface area contributed by atoms with Gasteiger partial charge in [0.2, 0.25) is 0 Å². The van der Waals surface area contributed by atoms with Crippen LogP contribution in [0.2, 0.25) is 0 Å². The van der Waals surface area contributed by atoms with Gasteiger partial charge < -0.3 is 15.7 Å². The largest absolute Gasteiger partial charge is 0.388 e. The van der Waals surface area contributed by atoms with Crippen molar-refractivity contribution < 1.29 is 5.11 Å². The Bertz CT molecular complexity index is 535. The second kappa shape index (κ2) is 8.86. The summed E-state index contributed by atoms with van der Waals surface area (Å²) in [7, 11) is 1.95. The van der Waals surface area contributed by atoms with Crippen LogP contribution in [0.1, 0.15) is 49.6 Å². The van der Waals surface area contributed by atoms with Crippen LogP contribution in [0.3, 0.4) is 0 Å². The smallest absolute Gasteiger partial charge is 0.191 e. The van der Waals surface area contributed by atoms with Gasteiger partial charge in [-0.15, -0.1) is 24.0 Å². The van der Waals surface area contributed by atoms with E-state index in [1.807, 2.05) is 25.6 Å². The molecule has 0 atom stereocenters. The molecule has 0 aromatic carbocycles. The molecule has 7 heteroatoms. The number of rotatable bonds is 5. The Hall–Kier alpha value is -0.830. The molecule has 0 saturated heterocycles. The van der Waals surface area contributed by atoms with E-state index in [0.29, 0.717) is 13.1 Å². The fraction of sp³-hybridized carbons (Fsp3) is 0.750. The third-order valence-electron chi connectivity index (χ3n) is 4.52. The van der Waals surface area contributed by atoms with Gasteiger partial charge in [0.15, 0.2) is 5.96 Å². The van der Waals surface area contributed by atoms with Crippen LogP contribution in [0.4, 0.5) is 0 Å². The molecule has 1 fully saturated rings. The molecule has 23 heavy (non-hydrogen) atoms. The van der Waals surface area contributed by atoms with E-state index in [4.69, 9.17) is 0 Å². The Morgan fingerprint density at radius 1 is 1.30 bits per heavy atom. The maximum absolute atomic E-state index is 10.4. The van der Waals surface area contributed by atoms with Crippen molar-refractivity contribution in [3.8, 4) is 0 Å². The molecule has 0 radical (unpaired) electrons. The molecule has 0 bridgehead atoms. The number of aryl methyl sites for hydroxylation is 2. The standard InChI is InChI=1S/C16H29N5O.HI/c1-5-17-15(19-11-16(22)8-6-7-9-16)18-10-14-12(2)20-21(4)13(14)3;/h22H,5-11H2,1-4H3,(H2,17,18,19);1H. The van der Waals surface area contributed by atoms with Crippen molar-refractivity contribution in [3.63, 3.8) is 0 Å². The van der Waals surface area contributed by atoms with E-state index in [9.17, 15) is 5.11 Å². The van der Waals surface area contributed by atoms with Gasteiger partial charge in [0.05, 0.1) is 17.8 Å². The molecule has 0 spiro atoms. The monoisotopic (exact) mass is 435 g/mol. The zero-order valence-corrected chi connectivity index (χ0v) is 17.0. The lowest BCUT2D eigenvalue weighted by Gasteiger charge is -2.23. The molecule has 3 N–H and O–H groups in total. The van der Waals surface area contributed by atoms with Crippen LogP contribution >= 0.6 is 24.0 Å². The molecule has 1 saturated carbocycles. The minimum atomic E-state index is -0.573. The van der Waals surface area contributed by atoms with Gasteiger partial charge in [-0.3, -0.25) is 4.68 Å². The Labute approximate surface area is 156 Å². The minimum Gasteiger partial charge on any atom is -0.388 e. The highest BCUT2D eigenvalue weighted by molar-refractivity contribution is 14.0. The van der Waals surface area contributed by atoms with Crippen LogP contribution in [0.15, 0.2) is 4.99 Å². The maximum Gasteiger partial charge on any atom is 0.191 e. The summed E-state index contributed by atoms with van der Waals surface area (Å²) in [6.07, 6.45) is 3.97. The normalized spacial score (nSPS) is 17.0. The molecule has 2 rings (SSSR count). The second-order valence-corrected chi connectivity index (χ2v) is 6.25. The van der Waals surface area contributed by atoms with E-state index in [2.05, 4.69) is 27.6 Å². The van der Waals surface area contributed by atoms with Gasteiger partial charge in [0.1, 0.15) is 0 Å². The molecular weight excluding hydrogens is 405 g/mol. The molecule has 1 aromatic rings. The Morgan fingerprint density at radius 2 is 1.96 bits per heavy atom. The van der Waals surface area contributed by atoms with Crippen LogP contribution in [0.5, 0.6) is 0 Å². The molecule has 1 aliphatic carbocycles. The first-order valence-electron chi connectivity index (χ1n) is 8.19. The first-order chi connectivity index (χ1) is 10.4. The van der Waals surface area contributed by atoms with Gasteiger partial charge in [0, 0.05) is 31.4 Å². The molecule has 0 amide bonds. The Balaban J connectivity index is 0.00000264. The van der Waals surface area contributed by atoms with Gasteiger partial charge in [-0.25, -0.2) is 4.99 Å². The number of nitrogens with zero attached hydrogens (tertiary/aromatic N) is 3. The lowest BCUT2D eigenvalue weighted by Crippen LogP contribution is -2.46. The van der Waals surface area contributed by atoms with Crippen LogP contribution in [0.25, 0.3) is 0 Å². The summed E-state index contributed by atoms with van der Waals surface area (Å²) in [4.78, 5) is 4.64. The summed E-state index contributed by atoms with van der Waals surface area (Å²) < 4.78 is 1.89. The van der Waals surface area contributed by atoms with Gasteiger partial charge in [-0.05, 0) is 33.6 Å². The number of aliphatic imine (C=N–C) groups is 1. The zero-order chi connectivity index (χ0) is 16.2. The average Bonchev–Trinajstić information content (AvgIpc) is 3.00. The van der Waals surface area contributed by atoms with Crippen LogP contribution in [-0.2, 0) is 13.6 Å². The van der Waals surface area contributed by atoms with Crippen molar-refractivity contribution in [2.24, 2.45) is 12.0 Å². The van der Waals surface area contributed by atoms with E-state index in [1.54, 1.807) is 0 Å². The van der Waals surface area contributed by atoms with Crippen molar-refractivity contribution in [1.82, 2.24) is 20.4 Å². The predicted octanol–water partition coefficient (Wildman–Crippen LogP) is 2.02. The quantitative estimate of drug-likeness (QED) is 0.376. The fourth-order valence-electron chi connectivity index (χ4n) is 3.00. The first-order valence-corrected chi connectivity index (χ1v) is 8.19. The second-order valence-electron chi connectivity index (χ2n) is 6.25. The number of halogens is 1. The summed E-state index contributed by atoms with van der Waals surface area (Å²) in [6.45, 7) is 8.08. The SMILES string of the molecule is CCNC(=NCc1c(C)nn(C)c1C)NCC1(O)CCCC1.I. The fourth-order valence-corrected chi connectivity index (χ4v) is 3.00. The summed E-state index contributed by atoms with van der Waals surface area (Å²) in [5, 5.41) is 21.4. The molecule has 1 heterocycles. The van der Waals surface area contributed by atoms with E-state index < -0.39 is 5.60 Å². The number of nitrogens with one attached hydrogen (secondary N) is 2. The van der Waals surface area contributed by atoms with Crippen LogP contribution in [-0.4, -0.2) is 39.5 Å². The molecule has 6 nitrogen and oxygen atoms in total. The van der Waals surface area contributed by atoms with Gasteiger partial charge >= 0.3 is 0 Å². The summed E-state index contributed by atoms with van der Waals surface area (Å²) >= 11 is 0. The zero-order valence-electron chi connectivity index (χ0n) is 14.6. The summed E-state index contributed by atoms with van der Waals surface area (Å²) in [5.74, 6) is 0.755. The minimum absolute atomic E-state index is 0. The summed E-state index contributed by atoms with van der Waals surface area (Å²) in [6, 6.07) is 0. The Morgan fingerprint density at radius 3 is 2.48 bits per heavy atom. The molecule has 132 valence electrons. The highest BCUT2D eigenvalue weighted by Gasteiger charge is 2.30. The van der Waals surface area contributed by atoms with E-state index >= 15 is 0 Å². The van der Waals surface area contributed by atoms with Crippen molar-refractivity contribution in [3.05, 3.63) is 17.0 Å². The first kappa shape index (κ1) is 20.2. The maximum atomic E-state index is 10.4. The molecule has 1 aliphatic rings. The van der Waals surface area contributed by atoms with Gasteiger partial charge in [0.25, 0.3) is 0 Å². The van der Waals surface area contributed by atoms with Crippen molar-refractivity contribution in [2.45, 2.75) is 58.6 Å². The third-order valence-corrected chi connectivity index (χ3v) is 4.52. The summed E-state index contributed by atoms with van der Waals surface area (Å²) in [5.41, 5.74) is 2.76. The van der Waals surface area contributed by atoms with Crippen LogP contribution < -0.4 is 10.6 Å². The highest BCUT2D eigenvalue weighted by atomic mass is 127. The molecular formula is C16H30IN5O. The number of aromatic nitrogens is 2. The number of hydrogen-bond acceptors (Lipinski definition) is 3. The van der Waals surface area contributed by atoms with Crippen molar-refractivity contribution in [2.75, 3.05) is 13.1 Å². The predicted molar refractivity (Wildman–Crippen MR) is 104 cm³/mol. The van der Waals surface area contributed by atoms with E-state index in [0.717, 1.165) is 49.6 Å². The van der Waals surface area contributed by atoms with Gasteiger partial charge in [-0.2, -0.15) is 5.10 Å². The number of hydrogen-bond donors (Lipinski definition) is 3. The molecule has 1 aromatic heterocycles. The topological polar surface area (TPSA) is 74.5 Å². The van der Waals surface area contributed by atoms with E-state index in [-0.39, 0.29) is 24.0 Å². The number of guanidine groups is 1. The lowest BCUT2D eigenvalue weighted by molar-refractivity contribution is 0.0522. The third kappa shape index (κ3) is 5.34. The molecule has 0 aliphatic heterocycles. The van der Waals surface area contributed by atoms with Crippen LogP contribution in [0, 0.1) is 13.8 Å². The Kier molecular flexibility index (Phi) is 7.79. The highest BCUT2D eigenvalue weighted by Crippen LogP contribution is 2.28. The number of aliphatic hydroxyl groups is 1. The van der Waals surface area contributed by atoms with Crippen molar-refractivity contribution >= 4 is 29.9 Å². The van der Waals surface area contributed by atoms with Crippen molar-refractivity contribution in [1.29, 1.82) is 0 Å². The molecule has 0 unspecified atom stereocenters. The average molecular weight is 435 g/mol. The lowest BCUT2D eigenvalue weighted by atomic mass is 10.0.